The summed E-state index contributed by atoms with van der Waals surface area (Å²) in [5.74, 6) is -1.09. The number of rotatable bonds is 5. The molecule has 6 nitrogen and oxygen atoms in total. The Labute approximate surface area is 126 Å². The van der Waals surface area contributed by atoms with Crippen LogP contribution in [0, 0.1) is 0 Å². The summed E-state index contributed by atoms with van der Waals surface area (Å²) in [4.78, 5) is 14.9. The summed E-state index contributed by atoms with van der Waals surface area (Å²) in [6.07, 6.45) is 2.64. The number of carboxylic acid groups (broad SMARTS) is 1. The van der Waals surface area contributed by atoms with Crippen molar-refractivity contribution in [1.29, 1.82) is 0 Å². The second kappa shape index (κ2) is 6.19. The molecule has 1 aromatic heterocycles. The van der Waals surface area contributed by atoms with Crippen LogP contribution in [0.5, 0.6) is 0 Å². The summed E-state index contributed by atoms with van der Waals surface area (Å²) >= 11 is 3.23. The molecule has 1 heterocycles. The van der Waals surface area contributed by atoms with Gasteiger partial charge in [0.1, 0.15) is 0 Å². The minimum atomic E-state index is -3.66. The fraction of sp³-hybridized carbons (Fsp3) is 0.500. The molecule has 8 heteroatoms. The second-order valence-corrected chi connectivity index (χ2v) is 8.70. The lowest BCUT2D eigenvalue weighted by atomic mass is 10.1. The van der Waals surface area contributed by atoms with E-state index in [1.165, 1.54) is 6.20 Å². The fourth-order valence-electron chi connectivity index (χ4n) is 1.39. The SMILES string of the molecule is CC(C)(C)S(=O)(=O)NC(CC(=O)O)c1cncc(Br)c1. The molecule has 0 radical (unpaired) electrons. The molecule has 1 atom stereocenters. The first-order valence-corrected chi connectivity index (χ1v) is 8.14. The zero-order chi connectivity index (χ0) is 15.6. The molecular formula is C12H17BrN2O4S. The quantitative estimate of drug-likeness (QED) is 0.833. The highest BCUT2D eigenvalue weighted by molar-refractivity contribution is 9.10. The Morgan fingerprint density at radius 2 is 2.05 bits per heavy atom. The molecule has 0 spiro atoms. The van der Waals surface area contributed by atoms with Gasteiger partial charge in [-0.25, -0.2) is 13.1 Å². The van der Waals surface area contributed by atoms with Crippen LogP contribution in [-0.4, -0.2) is 29.2 Å². The highest BCUT2D eigenvalue weighted by Crippen LogP contribution is 2.23. The molecule has 20 heavy (non-hydrogen) atoms. The van der Waals surface area contributed by atoms with Crippen LogP contribution in [0.3, 0.4) is 0 Å². The molecule has 0 saturated carbocycles. The number of sulfonamides is 1. The van der Waals surface area contributed by atoms with E-state index < -0.39 is 26.8 Å². The maximum Gasteiger partial charge on any atom is 0.305 e. The topological polar surface area (TPSA) is 96.4 Å². The van der Waals surface area contributed by atoms with Gasteiger partial charge in [-0.1, -0.05) is 0 Å². The lowest BCUT2D eigenvalue weighted by Gasteiger charge is -2.24. The van der Waals surface area contributed by atoms with Crippen LogP contribution in [0.25, 0.3) is 0 Å². The number of carboxylic acids is 1. The van der Waals surface area contributed by atoms with Gasteiger partial charge in [-0.05, 0) is 48.3 Å². The van der Waals surface area contributed by atoms with Crippen molar-refractivity contribution in [1.82, 2.24) is 9.71 Å². The van der Waals surface area contributed by atoms with Gasteiger partial charge >= 0.3 is 5.97 Å². The Hall–Kier alpha value is -0.990. The monoisotopic (exact) mass is 364 g/mol. The van der Waals surface area contributed by atoms with Crippen molar-refractivity contribution in [2.45, 2.75) is 38.0 Å². The van der Waals surface area contributed by atoms with E-state index in [0.29, 0.717) is 10.0 Å². The molecule has 0 amide bonds. The van der Waals surface area contributed by atoms with E-state index >= 15 is 0 Å². The Bertz CT molecular complexity index is 596. The predicted octanol–water partition coefficient (Wildman–Crippen LogP) is 2.08. The Kier molecular flexibility index (Phi) is 5.28. The van der Waals surface area contributed by atoms with Crippen molar-refractivity contribution in [3.63, 3.8) is 0 Å². The first-order valence-electron chi connectivity index (χ1n) is 5.87. The van der Waals surface area contributed by atoms with Gasteiger partial charge < -0.3 is 5.11 Å². The van der Waals surface area contributed by atoms with Crippen molar-refractivity contribution in [3.8, 4) is 0 Å². The van der Waals surface area contributed by atoms with Crippen LogP contribution in [0.15, 0.2) is 22.9 Å². The highest BCUT2D eigenvalue weighted by atomic mass is 79.9. The summed E-state index contributed by atoms with van der Waals surface area (Å²) in [7, 11) is -3.66. The van der Waals surface area contributed by atoms with Crippen molar-refractivity contribution in [2.24, 2.45) is 0 Å². The number of aliphatic carboxylic acids is 1. The maximum absolute atomic E-state index is 12.2. The van der Waals surface area contributed by atoms with Gasteiger partial charge in [0.25, 0.3) is 0 Å². The molecule has 0 fully saturated rings. The standard InChI is InChI=1S/C12H17BrN2O4S/c1-12(2,3)20(18,19)15-10(5-11(16)17)8-4-9(13)7-14-6-8/h4,6-7,10,15H,5H2,1-3H3,(H,16,17). The molecule has 0 aliphatic heterocycles. The van der Waals surface area contributed by atoms with E-state index in [-0.39, 0.29) is 6.42 Å². The maximum atomic E-state index is 12.2. The smallest absolute Gasteiger partial charge is 0.305 e. The number of aromatic nitrogens is 1. The molecule has 0 bridgehead atoms. The molecule has 2 N–H and O–H groups in total. The second-order valence-electron chi connectivity index (χ2n) is 5.32. The molecular weight excluding hydrogens is 348 g/mol. The van der Waals surface area contributed by atoms with Crippen molar-refractivity contribution in [3.05, 3.63) is 28.5 Å². The molecule has 0 aliphatic carbocycles. The summed E-state index contributed by atoms with van der Waals surface area (Å²) in [5.41, 5.74) is 0.495. The van der Waals surface area contributed by atoms with Gasteiger partial charge in [-0.15, -0.1) is 0 Å². The zero-order valence-electron chi connectivity index (χ0n) is 11.4. The van der Waals surface area contributed by atoms with Crippen LogP contribution in [0.2, 0.25) is 0 Å². The van der Waals surface area contributed by atoms with Gasteiger partial charge in [0.15, 0.2) is 0 Å². The van der Waals surface area contributed by atoms with Crippen molar-refractivity contribution >= 4 is 31.9 Å². The van der Waals surface area contributed by atoms with Crippen LogP contribution >= 0.6 is 15.9 Å². The molecule has 1 rings (SSSR count). The van der Waals surface area contributed by atoms with E-state index in [2.05, 4.69) is 25.6 Å². The fourth-order valence-corrected chi connectivity index (χ4v) is 2.72. The zero-order valence-corrected chi connectivity index (χ0v) is 13.8. The van der Waals surface area contributed by atoms with E-state index in [1.807, 2.05) is 0 Å². The van der Waals surface area contributed by atoms with Gasteiger partial charge in [0.05, 0.1) is 17.2 Å². The average molecular weight is 365 g/mol. The minimum absolute atomic E-state index is 0.354. The van der Waals surface area contributed by atoms with Crippen LogP contribution < -0.4 is 4.72 Å². The van der Waals surface area contributed by atoms with Crippen LogP contribution in [0.4, 0.5) is 0 Å². The lowest BCUT2D eigenvalue weighted by molar-refractivity contribution is -0.137. The number of nitrogens with one attached hydrogen (secondary N) is 1. The van der Waals surface area contributed by atoms with E-state index in [1.54, 1.807) is 33.0 Å². The number of halogens is 1. The number of carbonyl (C=O) groups is 1. The molecule has 1 aromatic rings. The Balaban J connectivity index is 3.12. The third-order valence-electron chi connectivity index (χ3n) is 2.61. The molecule has 0 saturated heterocycles. The van der Waals surface area contributed by atoms with Crippen molar-refractivity contribution in [2.75, 3.05) is 0 Å². The highest BCUT2D eigenvalue weighted by Gasteiger charge is 2.32. The predicted molar refractivity (Wildman–Crippen MR) is 78.7 cm³/mol. The van der Waals surface area contributed by atoms with E-state index in [9.17, 15) is 13.2 Å². The minimum Gasteiger partial charge on any atom is -0.481 e. The van der Waals surface area contributed by atoms with Gasteiger partial charge in [0, 0.05) is 16.9 Å². The van der Waals surface area contributed by atoms with Gasteiger partial charge in [-0.3, -0.25) is 9.78 Å². The first kappa shape index (κ1) is 17.1. The van der Waals surface area contributed by atoms with Gasteiger partial charge in [-0.2, -0.15) is 0 Å². The number of hydrogen-bond acceptors (Lipinski definition) is 4. The summed E-state index contributed by atoms with van der Waals surface area (Å²) < 4.78 is 26.4. The summed E-state index contributed by atoms with van der Waals surface area (Å²) in [6, 6.07) is 0.785. The number of hydrogen-bond donors (Lipinski definition) is 2. The number of nitrogens with zero attached hydrogens (tertiary/aromatic N) is 1. The average Bonchev–Trinajstić information content (AvgIpc) is 2.25. The first-order chi connectivity index (χ1) is 9.03. The molecule has 1 unspecified atom stereocenters. The molecule has 112 valence electrons. The normalized spacial score (nSPS) is 14.0. The van der Waals surface area contributed by atoms with Crippen LogP contribution in [-0.2, 0) is 14.8 Å². The largest absolute Gasteiger partial charge is 0.481 e. The number of pyridine rings is 1. The van der Waals surface area contributed by atoms with E-state index in [4.69, 9.17) is 5.11 Å². The Morgan fingerprint density at radius 3 is 2.50 bits per heavy atom. The molecule has 0 aromatic carbocycles. The van der Waals surface area contributed by atoms with Crippen molar-refractivity contribution < 1.29 is 18.3 Å². The summed E-state index contributed by atoms with van der Waals surface area (Å²) in [6.45, 7) is 4.64. The van der Waals surface area contributed by atoms with Gasteiger partial charge in [0.2, 0.25) is 10.0 Å². The molecule has 0 aliphatic rings. The lowest BCUT2D eigenvalue weighted by Crippen LogP contribution is -2.41. The van der Waals surface area contributed by atoms with Crippen LogP contribution in [0.1, 0.15) is 38.8 Å². The van der Waals surface area contributed by atoms with E-state index in [0.717, 1.165) is 0 Å². The third kappa shape index (κ3) is 4.53. The summed E-state index contributed by atoms with van der Waals surface area (Å²) in [5, 5.41) is 8.95. The Morgan fingerprint density at radius 1 is 1.45 bits per heavy atom. The third-order valence-corrected chi connectivity index (χ3v) is 5.25.